The molecule has 0 saturated heterocycles. The highest BCUT2D eigenvalue weighted by Crippen LogP contribution is 2.62. The summed E-state index contributed by atoms with van der Waals surface area (Å²) in [4.78, 5) is 0. The zero-order valence-corrected chi connectivity index (χ0v) is 24.0. The summed E-state index contributed by atoms with van der Waals surface area (Å²) in [6, 6.07) is 0. The normalized spacial score (nSPS) is 48.2. The van der Waals surface area contributed by atoms with Crippen molar-refractivity contribution in [1.29, 1.82) is 0 Å². The number of aliphatic hydroxyl groups is 3. The second-order valence-electron chi connectivity index (χ2n) is 15.0. The van der Waals surface area contributed by atoms with E-state index >= 15 is 0 Å². The lowest BCUT2D eigenvalue weighted by atomic mass is 9.48. The highest BCUT2D eigenvalue weighted by molar-refractivity contribution is 5.38. The quantitative estimate of drug-likeness (QED) is 0.322. The third-order valence-corrected chi connectivity index (χ3v) is 12.5. The molecule has 7 saturated carbocycles. The summed E-state index contributed by atoms with van der Waals surface area (Å²) in [7, 11) is 0. The van der Waals surface area contributed by atoms with Gasteiger partial charge >= 0.3 is 0 Å². The lowest BCUT2D eigenvalue weighted by Gasteiger charge is -2.58. The molecule has 0 unspecified atom stereocenters. The highest BCUT2D eigenvalue weighted by atomic mass is 16.3. The molecular weight excluding hydrogens is 468 g/mol. The van der Waals surface area contributed by atoms with Gasteiger partial charge in [-0.2, -0.15) is 0 Å². The van der Waals surface area contributed by atoms with E-state index in [1.165, 1.54) is 64.2 Å². The smallest absolute Gasteiger partial charge is 0.0811 e. The Morgan fingerprint density at radius 3 is 2.37 bits per heavy atom. The van der Waals surface area contributed by atoms with Crippen LogP contribution in [0.5, 0.6) is 0 Å². The molecule has 3 N–H and O–H groups in total. The molecule has 7 fully saturated rings. The summed E-state index contributed by atoms with van der Waals surface area (Å²) < 4.78 is 0. The maximum Gasteiger partial charge on any atom is 0.0811 e. The Balaban J connectivity index is 1.10. The average Bonchev–Trinajstić information content (AvgIpc) is 3.22. The molecule has 4 bridgehead atoms. The molecule has 0 aromatic rings. The Bertz CT molecular complexity index is 967. The first-order valence-electron chi connectivity index (χ1n) is 16.0. The number of hydrogen-bond acceptors (Lipinski definition) is 3. The number of aliphatic hydroxyl groups excluding tert-OH is 3. The molecule has 0 heterocycles. The van der Waals surface area contributed by atoms with Crippen LogP contribution in [0.4, 0.5) is 0 Å². The topological polar surface area (TPSA) is 60.7 Å². The highest BCUT2D eigenvalue weighted by Gasteiger charge is 2.54. The van der Waals surface area contributed by atoms with Crippen LogP contribution in [-0.2, 0) is 0 Å². The van der Waals surface area contributed by atoms with Crippen LogP contribution in [0.2, 0.25) is 0 Å². The van der Waals surface area contributed by atoms with Crippen LogP contribution in [0.15, 0.2) is 47.6 Å². The number of hydrogen-bond donors (Lipinski definition) is 3. The molecule has 7 rings (SSSR count). The number of allylic oxidation sites excluding steroid dienone is 4. The first-order chi connectivity index (χ1) is 18.2. The van der Waals surface area contributed by atoms with Gasteiger partial charge in [-0.25, -0.2) is 0 Å². The minimum Gasteiger partial charge on any atom is -0.393 e. The maximum absolute atomic E-state index is 11.4. The number of fused-ring (bicyclic) bond motifs is 1. The van der Waals surface area contributed by atoms with Gasteiger partial charge in [0.05, 0.1) is 18.3 Å². The van der Waals surface area contributed by atoms with E-state index in [4.69, 9.17) is 0 Å². The van der Waals surface area contributed by atoms with Gasteiger partial charge in [0.1, 0.15) is 0 Å². The van der Waals surface area contributed by atoms with E-state index in [0.29, 0.717) is 36.0 Å². The van der Waals surface area contributed by atoms with Crippen molar-refractivity contribution in [1.82, 2.24) is 0 Å². The van der Waals surface area contributed by atoms with Crippen LogP contribution < -0.4 is 0 Å². The molecule has 3 heteroatoms. The van der Waals surface area contributed by atoms with E-state index < -0.39 is 12.2 Å². The minimum atomic E-state index is -0.620. The van der Waals surface area contributed by atoms with Gasteiger partial charge in [-0.3, -0.25) is 0 Å². The van der Waals surface area contributed by atoms with Gasteiger partial charge in [0.2, 0.25) is 0 Å². The van der Waals surface area contributed by atoms with Gasteiger partial charge in [-0.05, 0) is 141 Å². The summed E-state index contributed by atoms with van der Waals surface area (Å²) in [5.41, 5.74) is 3.90. The summed E-state index contributed by atoms with van der Waals surface area (Å²) in [6.07, 6.45) is 24.3. The predicted octanol–water partition coefficient (Wildman–Crippen LogP) is 7.29. The Kier molecular flexibility index (Phi) is 7.36. The van der Waals surface area contributed by atoms with Crippen molar-refractivity contribution < 1.29 is 15.3 Å². The van der Waals surface area contributed by atoms with Crippen molar-refractivity contribution in [3.63, 3.8) is 0 Å². The fourth-order valence-electron chi connectivity index (χ4n) is 11.0. The summed E-state index contributed by atoms with van der Waals surface area (Å²) >= 11 is 0. The fourth-order valence-corrected chi connectivity index (χ4v) is 11.0. The molecule has 0 aromatic heterocycles. The molecule has 0 spiro atoms. The van der Waals surface area contributed by atoms with Crippen molar-refractivity contribution in [3.8, 4) is 0 Å². The molecular formula is C35H52O3. The molecule has 38 heavy (non-hydrogen) atoms. The Morgan fingerprint density at radius 1 is 1.00 bits per heavy atom. The largest absolute Gasteiger partial charge is 0.393 e. The molecule has 7 atom stereocenters. The average molecular weight is 521 g/mol. The summed E-state index contributed by atoms with van der Waals surface area (Å²) in [5.74, 6) is 4.53. The van der Waals surface area contributed by atoms with Crippen LogP contribution in [0, 0.1) is 46.3 Å². The van der Waals surface area contributed by atoms with Crippen LogP contribution in [0.3, 0.4) is 0 Å². The van der Waals surface area contributed by atoms with E-state index in [1.807, 2.05) is 0 Å². The van der Waals surface area contributed by atoms with E-state index in [9.17, 15) is 15.3 Å². The molecule has 0 amide bonds. The Hall–Kier alpha value is -1.16. The zero-order chi connectivity index (χ0) is 26.7. The van der Waals surface area contributed by atoms with Gasteiger partial charge in [0.15, 0.2) is 0 Å². The van der Waals surface area contributed by atoms with Crippen molar-refractivity contribution in [3.05, 3.63) is 47.6 Å². The van der Waals surface area contributed by atoms with Crippen molar-refractivity contribution in [2.45, 2.75) is 122 Å². The minimum absolute atomic E-state index is 0.157. The van der Waals surface area contributed by atoms with Crippen LogP contribution in [0.25, 0.3) is 0 Å². The Morgan fingerprint density at radius 2 is 1.68 bits per heavy atom. The predicted molar refractivity (Wildman–Crippen MR) is 154 cm³/mol. The van der Waals surface area contributed by atoms with E-state index in [0.717, 1.165) is 41.7 Å². The SMILES string of the molecule is C=C1/C(=C\C=C2/CCC[C@]3(C)[C@@H]([C@H](C)/C=C/C[C@@H](O)C45CC6CC(CC(C6)C4)C5)CC[C@@H]23)C[C@@H](O)C[C@@H]1O. The first kappa shape index (κ1) is 27.0. The standard InChI is InChI=1S/C35H52O3/c1-22(6-4-8-33(38)35-19-24-14-25(20-35)16-26(15-24)21-35)30-11-12-31-27(7-5-13-34(30,31)3)9-10-28-17-29(36)18-32(37)23(28)2/h4,6,9-10,22,24-26,29-33,36-38H,2,5,7-8,11-21H2,1,3H3/b6-4+,27-9+,28-10-/t22-,24?,25?,26?,29-,30-,31+,32+,33-,34-,35?/m1/s1. The first-order valence-corrected chi connectivity index (χ1v) is 16.0. The molecule has 0 aromatic carbocycles. The van der Waals surface area contributed by atoms with E-state index in [2.05, 4.69) is 44.7 Å². The molecule has 7 aliphatic rings. The number of rotatable bonds is 6. The van der Waals surface area contributed by atoms with Gasteiger partial charge in [-0.15, -0.1) is 0 Å². The zero-order valence-electron chi connectivity index (χ0n) is 24.0. The second-order valence-corrected chi connectivity index (χ2v) is 15.0. The Labute approximate surface area is 231 Å². The second kappa shape index (κ2) is 10.3. The summed E-state index contributed by atoms with van der Waals surface area (Å²) in [5, 5.41) is 31.8. The molecule has 3 nitrogen and oxygen atoms in total. The lowest BCUT2D eigenvalue weighted by Crippen LogP contribution is -2.51. The van der Waals surface area contributed by atoms with Crippen molar-refractivity contribution in [2.24, 2.45) is 46.3 Å². The van der Waals surface area contributed by atoms with Crippen LogP contribution >= 0.6 is 0 Å². The fraction of sp³-hybridized carbons (Fsp3) is 0.771. The van der Waals surface area contributed by atoms with Gasteiger partial charge in [0.25, 0.3) is 0 Å². The maximum atomic E-state index is 11.4. The van der Waals surface area contributed by atoms with Gasteiger partial charge < -0.3 is 15.3 Å². The third-order valence-electron chi connectivity index (χ3n) is 12.5. The lowest BCUT2D eigenvalue weighted by molar-refractivity contribution is -0.118. The van der Waals surface area contributed by atoms with E-state index in [1.54, 1.807) is 5.57 Å². The van der Waals surface area contributed by atoms with Gasteiger partial charge in [-0.1, -0.05) is 50.3 Å². The molecule has 7 aliphatic carbocycles. The van der Waals surface area contributed by atoms with Crippen LogP contribution in [-0.4, -0.2) is 33.6 Å². The molecule has 0 aliphatic heterocycles. The van der Waals surface area contributed by atoms with E-state index in [-0.39, 0.29) is 11.5 Å². The van der Waals surface area contributed by atoms with Crippen LogP contribution in [0.1, 0.15) is 104 Å². The molecule has 0 radical (unpaired) electrons. The van der Waals surface area contributed by atoms with Crippen molar-refractivity contribution >= 4 is 0 Å². The monoisotopic (exact) mass is 520 g/mol. The van der Waals surface area contributed by atoms with Gasteiger partial charge in [0, 0.05) is 6.42 Å². The van der Waals surface area contributed by atoms with Crippen molar-refractivity contribution in [2.75, 3.05) is 0 Å². The third kappa shape index (κ3) is 4.83. The molecule has 210 valence electrons. The summed E-state index contributed by atoms with van der Waals surface area (Å²) in [6.45, 7) is 9.06.